The summed E-state index contributed by atoms with van der Waals surface area (Å²) in [6.07, 6.45) is 19.2. The Morgan fingerprint density at radius 1 is 0.426 bits per heavy atom. The number of allylic oxidation sites excluding steroid dienone is 2. The molecule has 0 aliphatic heterocycles. The van der Waals surface area contributed by atoms with Crippen LogP contribution in [-0.2, 0) is 33.2 Å². The SMILES string of the molecule is CCC[CH2][Ti]([CH2]CCC)([CH2][CH2][Ti]([CH2]CCC)([CH2]CCC)[CH]1C(CC)=Cc2c(C(C)C)cc(C(C)C)cc21)[CH]1C(CC)=Cc2c(C(C)C)cc(C(C)C)cc21. The Balaban J connectivity index is 1.99. The van der Waals surface area contributed by atoms with E-state index in [4.69, 9.17) is 0 Å². The molecular weight excluding hydrogens is 720 g/mol. The van der Waals surface area contributed by atoms with Crippen molar-refractivity contribution >= 4 is 12.2 Å². The molecule has 2 aliphatic carbocycles. The van der Waals surface area contributed by atoms with E-state index in [9.17, 15) is 0 Å². The Bertz CT molecular complexity index is 1430. The second-order valence-electron chi connectivity index (χ2n) is 19.5. The van der Waals surface area contributed by atoms with Gasteiger partial charge in [-0.2, -0.15) is 0 Å². The molecule has 2 atom stereocenters. The molecule has 0 aromatic heterocycles. The number of hydrogen-bond donors (Lipinski definition) is 0. The van der Waals surface area contributed by atoms with Crippen LogP contribution in [0.15, 0.2) is 35.4 Å². The van der Waals surface area contributed by atoms with Gasteiger partial charge in [-0.15, -0.1) is 0 Å². The van der Waals surface area contributed by atoms with Gasteiger partial charge in [-0.25, -0.2) is 0 Å². The summed E-state index contributed by atoms with van der Waals surface area (Å²) >= 11 is -5.14. The summed E-state index contributed by atoms with van der Waals surface area (Å²) in [7, 11) is 0. The maximum absolute atomic E-state index is 2.77. The van der Waals surface area contributed by atoms with Gasteiger partial charge in [0, 0.05) is 0 Å². The first-order chi connectivity index (χ1) is 25.8. The van der Waals surface area contributed by atoms with E-state index >= 15 is 0 Å². The van der Waals surface area contributed by atoms with Crippen molar-refractivity contribution in [1.29, 1.82) is 0 Å². The van der Waals surface area contributed by atoms with Crippen molar-refractivity contribution < 1.29 is 33.2 Å². The number of benzene rings is 2. The fourth-order valence-corrected chi connectivity index (χ4v) is 36.9. The zero-order valence-electron chi connectivity index (χ0n) is 38.2. The van der Waals surface area contributed by atoms with Gasteiger partial charge in [-0.3, -0.25) is 0 Å². The molecule has 0 N–H and O–H groups in total. The van der Waals surface area contributed by atoms with Crippen LogP contribution in [0.3, 0.4) is 0 Å². The van der Waals surface area contributed by atoms with Crippen molar-refractivity contribution in [2.75, 3.05) is 0 Å². The van der Waals surface area contributed by atoms with Crippen molar-refractivity contribution in [3.05, 3.63) is 79.9 Å². The van der Waals surface area contributed by atoms with Crippen LogP contribution in [0.2, 0.25) is 28.4 Å². The molecule has 0 saturated heterocycles. The third-order valence-corrected chi connectivity index (χ3v) is 33.9. The molecular formula is C52H86Ti2. The molecule has 2 heteroatoms. The normalized spacial score (nSPS) is 17.3. The number of unbranched alkanes of at least 4 members (excludes halogenated alkanes) is 4. The van der Waals surface area contributed by atoms with Gasteiger partial charge in [0.1, 0.15) is 0 Å². The summed E-state index contributed by atoms with van der Waals surface area (Å²) < 4.78 is 11.1. The molecule has 0 bridgehead atoms. The second kappa shape index (κ2) is 20.9. The molecule has 54 heavy (non-hydrogen) atoms. The first-order valence-corrected chi connectivity index (χ1v) is 32.0. The Hall–Kier alpha value is -0.651. The molecule has 302 valence electrons. The summed E-state index contributed by atoms with van der Waals surface area (Å²) in [6, 6.07) is 10.7. The molecule has 0 amide bonds. The van der Waals surface area contributed by atoms with Crippen molar-refractivity contribution in [2.24, 2.45) is 0 Å². The van der Waals surface area contributed by atoms with E-state index in [-0.39, 0.29) is 0 Å². The van der Waals surface area contributed by atoms with Crippen LogP contribution in [0.25, 0.3) is 12.2 Å². The van der Waals surface area contributed by atoms with Gasteiger partial charge in [0.2, 0.25) is 0 Å². The Morgan fingerprint density at radius 3 is 0.981 bits per heavy atom. The molecule has 4 rings (SSSR count). The summed E-state index contributed by atoms with van der Waals surface area (Å²) in [5, 5.41) is 0. The van der Waals surface area contributed by atoms with Crippen molar-refractivity contribution in [3.8, 4) is 0 Å². The Labute approximate surface area is 344 Å². The van der Waals surface area contributed by atoms with Crippen molar-refractivity contribution in [1.82, 2.24) is 0 Å². The molecule has 0 saturated carbocycles. The zero-order chi connectivity index (χ0) is 39.8. The fourth-order valence-electron chi connectivity index (χ4n) is 11.1. The van der Waals surface area contributed by atoms with Gasteiger partial charge in [0.25, 0.3) is 0 Å². The minimum absolute atomic E-state index is 0.567. The van der Waals surface area contributed by atoms with Gasteiger partial charge in [-0.05, 0) is 0 Å². The Morgan fingerprint density at radius 2 is 0.741 bits per heavy atom. The molecule has 0 nitrogen and oxygen atoms in total. The predicted octanol–water partition coefficient (Wildman–Crippen LogP) is 18.6. The monoisotopic (exact) mass is 807 g/mol. The van der Waals surface area contributed by atoms with E-state index < -0.39 is 33.2 Å². The summed E-state index contributed by atoms with van der Waals surface area (Å²) in [5.41, 5.74) is 17.0. The first-order valence-electron chi connectivity index (χ1n) is 23.5. The maximum atomic E-state index is 2.77. The van der Waals surface area contributed by atoms with E-state index in [0.717, 1.165) is 8.45 Å². The fraction of sp³-hybridized carbons (Fsp3) is 0.692. The molecule has 0 spiro atoms. The summed E-state index contributed by atoms with van der Waals surface area (Å²) in [5.74, 6) is 2.28. The van der Waals surface area contributed by atoms with Crippen molar-refractivity contribution in [2.45, 2.75) is 222 Å². The van der Waals surface area contributed by atoms with Gasteiger partial charge in [0.15, 0.2) is 0 Å². The molecule has 2 aromatic rings. The van der Waals surface area contributed by atoms with E-state index in [1.165, 1.54) is 64.2 Å². The molecule has 0 heterocycles. The van der Waals surface area contributed by atoms with E-state index in [1.807, 2.05) is 11.1 Å². The van der Waals surface area contributed by atoms with Gasteiger partial charge < -0.3 is 0 Å². The van der Waals surface area contributed by atoms with E-state index in [2.05, 4.69) is 133 Å². The predicted molar refractivity (Wildman–Crippen MR) is 240 cm³/mol. The van der Waals surface area contributed by atoms with Crippen LogP contribution >= 0.6 is 0 Å². The van der Waals surface area contributed by atoms with Crippen LogP contribution in [0.4, 0.5) is 0 Å². The van der Waals surface area contributed by atoms with Crippen LogP contribution in [0, 0.1) is 0 Å². The van der Waals surface area contributed by atoms with Gasteiger partial charge in [0.05, 0.1) is 0 Å². The standard InChI is InChI=1S/2C17H23.4C4H9.C2H4.2Ti/c2*1-6-13-7-15-9-14(11(2)3)10-16(12(4)5)17(15)8-13;4*1-3-4-2;1-2;;/h2*7-12H,6H2,1-5H3;4*1,3-4H2,2H3;1-2H2;;. The van der Waals surface area contributed by atoms with E-state index in [0.29, 0.717) is 23.7 Å². The third kappa shape index (κ3) is 9.95. The first kappa shape index (κ1) is 46.0. The summed E-state index contributed by atoms with van der Waals surface area (Å²) in [6.45, 7) is 34.5. The average Bonchev–Trinajstić information content (AvgIpc) is 3.73. The quantitative estimate of drug-likeness (QED) is 0.0982. The average molecular weight is 807 g/mol. The number of fused-ring (bicyclic) bond motifs is 2. The summed E-state index contributed by atoms with van der Waals surface area (Å²) in [4.78, 5) is 0. The minimum atomic E-state index is -2.57. The zero-order valence-corrected chi connectivity index (χ0v) is 41.4. The third-order valence-electron chi connectivity index (χ3n) is 14.4. The molecule has 2 unspecified atom stereocenters. The molecule has 2 aliphatic rings. The van der Waals surface area contributed by atoms with Crippen LogP contribution in [-0.4, -0.2) is 0 Å². The van der Waals surface area contributed by atoms with Crippen LogP contribution < -0.4 is 0 Å². The topological polar surface area (TPSA) is 0 Å². The number of rotatable bonds is 23. The number of hydrogen-bond acceptors (Lipinski definition) is 0. The van der Waals surface area contributed by atoms with Gasteiger partial charge >= 0.3 is 347 Å². The van der Waals surface area contributed by atoms with Crippen molar-refractivity contribution in [3.63, 3.8) is 0 Å². The Kier molecular flexibility index (Phi) is 17.8. The molecule has 0 radical (unpaired) electrons. The van der Waals surface area contributed by atoms with E-state index in [1.54, 1.807) is 72.9 Å². The molecule has 0 fully saturated rings. The molecule has 2 aromatic carbocycles. The van der Waals surface area contributed by atoms with Gasteiger partial charge in [-0.1, -0.05) is 0 Å². The second-order valence-corrected chi connectivity index (χ2v) is 34.5. The van der Waals surface area contributed by atoms with Crippen LogP contribution in [0.5, 0.6) is 0 Å². The van der Waals surface area contributed by atoms with Crippen LogP contribution in [0.1, 0.15) is 238 Å².